The Morgan fingerprint density at radius 3 is 2.22 bits per heavy atom. The molecule has 0 aliphatic carbocycles. The number of ketones is 1. The predicted octanol–water partition coefficient (Wildman–Crippen LogP) is 5.34. The average Bonchev–Trinajstić information content (AvgIpc) is 2.90. The van der Waals surface area contributed by atoms with Crippen LogP contribution in [0.3, 0.4) is 0 Å². The maximum absolute atomic E-state index is 12.7. The van der Waals surface area contributed by atoms with Gasteiger partial charge in [0.2, 0.25) is 0 Å². The van der Waals surface area contributed by atoms with Crippen LogP contribution in [0, 0.1) is 0 Å². The third-order valence-corrected chi connectivity index (χ3v) is 6.80. The normalized spacial score (nSPS) is 16.7. The summed E-state index contributed by atoms with van der Waals surface area (Å²) in [5.74, 6) is -0.866. The van der Waals surface area contributed by atoms with Gasteiger partial charge in [-0.25, -0.2) is 0 Å². The number of amides is 2. The number of hydrogen-bond donors (Lipinski definition) is 3. The molecule has 3 aromatic carbocycles. The zero-order valence-electron chi connectivity index (χ0n) is 20.8. The standard InChI is InChI=1S/C30H30N4O3/c1-20(35)22-7-11-24(12-8-22)32-25-13-14-26-27(17-25)28(30(37)33-29(26)36)18-31-23-9-5-21(6-10-23)19-34-15-3-2-4-16-34/h5-14,17-18,31-32H,2-4,15-16,19H2,1H3,(H,33,36,37)/b28-18-. The van der Waals surface area contributed by atoms with Gasteiger partial charge in [-0.1, -0.05) is 18.6 Å². The number of piperidine rings is 1. The van der Waals surface area contributed by atoms with Crippen molar-refractivity contribution in [1.29, 1.82) is 0 Å². The number of fused-ring (bicyclic) bond motifs is 1. The highest BCUT2D eigenvalue weighted by Gasteiger charge is 2.27. The van der Waals surface area contributed by atoms with Crippen LogP contribution in [-0.4, -0.2) is 35.6 Å². The van der Waals surface area contributed by atoms with Crippen LogP contribution in [0.15, 0.2) is 72.9 Å². The Labute approximate surface area is 216 Å². The molecule has 0 aromatic heterocycles. The van der Waals surface area contributed by atoms with E-state index in [0.29, 0.717) is 22.3 Å². The predicted molar refractivity (Wildman–Crippen MR) is 146 cm³/mol. The summed E-state index contributed by atoms with van der Waals surface area (Å²) in [7, 11) is 0. The van der Waals surface area contributed by atoms with Gasteiger partial charge in [0.15, 0.2) is 5.78 Å². The average molecular weight is 495 g/mol. The summed E-state index contributed by atoms with van der Waals surface area (Å²) in [5, 5.41) is 8.91. The van der Waals surface area contributed by atoms with E-state index in [1.807, 2.05) is 24.3 Å². The summed E-state index contributed by atoms with van der Waals surface area (Å²) < 4.78 is 0. The molecule has 7 heteroatoms. The van der Waals surface area contributed by atoms with E-state index < -0.39 is 11.8 Å². The summed E-state index contributed by atoms with van der Waals surface area (Å²) in [6.07, 6.45) is 5.50. The smallest absolute Gasteiger partial charge is 0.260 e. The molecule has 0 atom stereocenters. The van der Waals surface area contributed by atoms with Crippen LogP contribution in [-0.2, 0) is 11.3 Å². The number of hydrogen-bond acceptors (Lipinski definition) is 6. The van der Waals surface area contributed by atoms with Crippen molar-refractivity contribution >= 4 is 40.2 Å². The van der Waals surface area contributed by atoms with Gasteiger partial charge in [0.1, 0.15) is 0 Å². The fraction of sp³-hybridized carbons (Fsp3) is 0.233. The molecule has 3 aromatic rings. The zero-order chi connectivity index (χ0) is 25.8. The lowest BCUT2D eigenvalue weighted by molar-refractivity contribution is -0.114. The van der Waals surface area contributed by atoms with Gasteiger partial charge in [-0.2, -0.15) is 0 Å². The van der Waals surface area contributed by atoms with Crippen LogP contribution in [0.2, 0.25) is 0 Å². The first-order chi connectivity index (χ1) is 18.0. The van der Waals surface area contributed by atoms with Crippen molar-refractivity contribution in [2.45, 2.75) is 32.7 Å². The number of likely N-dealkylation sites (tertiary alicyclic amines) is 1. The molecule has 2 aliphatic rings. The van der Waals surface area contributed by atoms with E-state index in [9.17, 15) is 14.4 Å². The van der Waals surface area contributed by atoms with Crippen LogP contribution >= 0.6 is 0 Å². The number of carbonyl (C=O) groups excluding carboxylic acids is 3. The number of anilines is 3. The maximum Gasteiger partial charge on any atom is 0.260 e. The Morgan fingerprint density at radius 2 is 1.51 bits per heavy atom. The molecule has 0 unspecified atom stereocenters. The molecule has 3 N–H and O–H groups in total. The third-order valence-electron chi connectivity index (χ3n) is 6.80. The van der Waals surface area contributed by atoms with Crippen molar-refractivity contribution in [3.8, 4) is 0 Å². The number of nitrogens with zero attached hydrogens (tertiary/aromatic N) is 1. The van der Waals surface area contributed by atoms with E-state index in [1.54, 1.807) is 36.5 Å². The van der Waals surface area contributed by atoms with Gasteiger partial charge in [0.25, 0.3) is 11.8 Å². The Hall–Kier alpha value is -4.23. The third kappa shape index (κ3) is 5.78. The molecule has 0 bridgehead atoms. The van der Waals surface area contributed by atoms with E-state index in [4.69, 9.17) is 0 Å². The number of Topliss-reactive ketones (excluding diaryl/α,β-unsaturated/α-hetero) is 1. The van der Waals surface area contributed by atoms with E-state index in [1.165, 1.54) is 31.7 Å². The molecular formula is C30H30N4O3. The van der Waals surface area contributed by atoms with Crippen LogP contribution in [0.25, 0.3) is 5.57 Å². The molecule has 2 aliphatic heterocycles. The van der Waals surface area contributed by atoms with Crippen molar-refractivity contribution in [1.82, 2.24) is 10.2 Å². The minimum Gasteiger partial charge on any atom is -0.361 e. The summed E-state index contributed by atoms with van der Waals surface area (Å²) >= 11 is 0. The van der Waals surface area contributed by atoms with Gasteiger partial charge in [0.05, 0.1) is 5.57 Å². The summed E-state index contributed by atoms with van der Waals surface area (Å²) in [4.78, 5) is 39.2. The first-order valence-corrected chi connectivity index (χ1v) is 12.6. The van der Waals surface area contributed by atoms with Gasteiger partial charge in [-0.15, -0.1) is 0 Å². The maximum atomic E-state index is 12.7. The minimum absolute atomic E-state index is 0.00349. The monoisotopic (exact) mass is 494 g/mol. The molecule has 0 saturated carbocycles. The fourth-order valence-electron chi connectivity index (χ4n) is 4.74. The molecule has 5 rings (SSSR count). The van der Waals surface area contributed by atoms with Crippen molar-refractivity contribution in [2.24, 2.45) is 0 Å². The first-order valence-electron chi connectivity index (χ1n) is 12.6. The van der Waals surface area contributed by atoms with E-state index in [2.05, 4.69) is 33.0 Å². The van der Waals surface area contributed by atoms with Crippen molar-refractivity contribution in [3.63, 3.8) is 0 Å². The number of carbonyl (C=O) groups is 3. The van der Waals surface area contributed by atoms with Crippen LogP contribution in [0.5, 0.6) is 0 Å². The highest BCUT2D eigenvalue weighted by molar-refractivity contribution is 6.31. The molecule has 2 heterocycles. The van der Waals surface area contributed by atoms with Crippen molar-refractivity contribution in [3.05, 3.63) is 95.2 Å². The van der Waals surface area contributed by atoms with E-state index in [0.717, 1.165) is 36.7 Å². The van der Waals surface area contributed by atoms with Gasteiger partial charge in [-0.05, 0) is 93.0 Å². The lowest BCUT2D eigenvalue weighted by Crippen LogP contribution is -2.36. The molecule has 1 fully saturated rings. The Bertz CT molecular complexity index is 1350. The van der Waals surface area contributed by atoms with Crippen molar-refractivity contribution < 1.29 is 14.4 Å². The topological polar surface area (TPSA) is 90.5 Å². The zero-order valence-corrected chi connectivity index (χ0v) is 20.8. The van der Waals surface area contributed by atoms with Gasteiger partial charge < -0.3 is 10.6 Å². The highest BCUT2D eigenvalue weighted by atomic mass is 16.2. The Kier molecular flexibility index (Phi) is 7.14. The largest absolute Gasteiger partial charge is 0.361 e. The molecule has 7 nitrogen and oxygen atoms in total. The number of imide groups is 1. The molecule has 1 saturated heterocycles. The lowest BCUT2D eigenvalue weighted by atomic mass is 9.94. The molecule has 0 radical (unpaired) electrons. The van der Waals surface area contributed by atoms with E-state index >= 15 is 0 Å². The second-order valence-corrected chi connectivity index (χ2v) is 9.54. The molecular weight excluding hydrogens is 464 g/mol. The number of benzene rings is 3. The molecule has 0 spiro atoms. The second kappa shape index (κ2) is 10.8. The minimum atomic E-state index is -0.449. The van der Waals surface area contributed by atoms with Crippen molar-refractivity contribution in [2.75, 3.05) is 23.7 Å². The van der Waals surface area contributed by atoms with Gasteiger partial charge >= 0.3 is 0 Å². The SMILES string of the molecule is CC(=O)c1ccc(Nc2ccc3c(c2)/C(=C/Nc2ccc(CN4CCCCC4)cc2)C(=O)NC3=O)cc1. The molecule has 188 valence electrons. The van der Waals surface area contributed by atoms with Crippen LogP contribution in [0.1, 0.15) is 58.0 Å². The van der Waals surface area contributed by atoms with E-state index in [-0.39, 0.29) is 5.78 Å². The molecule has 37 heavy (non-hydrogen) atoms. The van der Waals surface area contributed by atoms with Crippen LogP contribution in [0.4, 0.5) is 17.1 Å². The highest BCUT2D eigenvalue weighted by Crippen LogP contribution is 2.29. The lowest BCUT2D eigenvalue weighted by Gasteiger charge is -2.26. The summed E-state index contributed by atoms with van der Waals surface area (Å²) in [6, 6.07) is 20.7. The summed E-state index contributed by atoms with van der Waals surface area (Å²) in [5.41, 5.74) is 5.64. The summed E-state index contributed by atoms with van der Waals surface area (Å²) in [6.45, 7) is 4.78. The van der Waals surface area contributed by atoms with Crippen LogP contribution < -0.4 is 16.0 Å². The fourth-order valence-corrected chi connectivity index (χ4v) is 4.74. The van der Waals surface area contributed by atoms with Gasteiger partial charge in [0, 0.05) is 46.5 Å². The first kappa shape index (κ1) is 24.5. The quantitative estimate of drug-likeness (QED) is 0.233. The number of rotatable bonds is 7. The number of nitrogens with one attached hydrogen (secondary N) is 3. The Morgan fingerprint density at radius 1 is 0.838 bits per heavy atom. The Balaban J connectivity index is 1.33. The molecule has 2 amide bonds. The van der Waals surface area contributed by atoms with Gasteiger partial charge in [-0.3, -0.25) is 24.6 Å². The second-order valence-electron chi connectivity index (χ2n) is 9.54.